The third kappa shape index (κ3) is 3.39. The summed E-state index contributed by atoms with van der Waals surface area (Å²) in [7, 11) is 0. The van der Waals surface area contributed by atoms with E-state index in [1.54, 1.807) is 4.90 Å². The van der Waals surface area contributed by atoms with E-state index in [1.807, 2.05) is 29.2 Å². The van der Waals surface area contributed by atoms with Crippen LogP contribution in [0.4, 0.5) is 5.69 Å². The first-order chi connectivity index (χ1) is 10.6. The lowest BCUT2D eigenvalue weighted by molar-refractivity contribution is -0.140. The molecule has 0 spiro atoms. The molecule has 0 aromatic heterocycles. The van der Waals surface area contributed by atoms with Gasteiger partial charge in [-0.05, 0) is 47.3 Å². The van der Waals surface area contributed by atoms with Crippen LogP contribution >= 0.6 is 28.3 Å². The summed E-state index contributed by atoms with van der Waals surface area (Å²) in [5.41, 5.74) is 6.57. The number of nitrogens with two attached hydrogens (primary N) is 1. The summed E-state index contributed by atoms with van der Waals surface area (Å²) < 4.78 is 0.873. The van der Waals surface area contributed by atoms with Crippen molar-refractivity contribution in [2.24, 2.45) is 11.7 Å². The first-order valence-corrected chi connectivity index (χ1v) is 8.49. The minimum absolute atomic E-state index is 0. The molecule has 2 atom stereocenters. The number of amides is 2. The van der Waals surface area contributed by atoms with E-state index in [0.29, 0.717) is 19.5 Å². The lowest BCUT2D eigenvalue weighted by atomic mass is 10.1. The van der Waals surface area contributed by atoms with Crippen molar-refractivity contribution >= 4 is 45.8 Å². The number of carbonyl (C=O) groups is 2. The molecule has 2 N–H and O–H groups in total. The van der Waals surface area contributed by atoms with Gasteiger partial charge in [0.05, 0.1) is 5.69 Å². The number of rotatable bonds is 3. The standard InChI is InChI=1S/C16H20BrN3O2.ClH/c17-13-5-1-2-6-14(13)20-9-7-12(16(20)22)15(21)19-8-3-4-11(19)10-18;/h1-2,5-6,11-12H,3-4,7-10,18H2;1H. The molecule has 2 heterocycles. The smallest absolute Gasteiger partial charge is 0.239 e. The minimum Gasteiger partial charge on any atom is -0.338 e. The quantitative estimate of drug-likeness (QED) is 0.788. The molecule has 2 amide bonds. The molecule has 2 aliphatic heterocycles. The summed E-state index contributed by atoms with van der Waals surface area (Å²) in [6.45, 7) is 1.78. The molecule has 0 saturated carbocycles. The van der Waals surface area contributed by atoms with Gasteiger partial charge in [0.2, 0.25) is 11.8 Å². The Bertz CT molecular complexity index is 598. The zero-order chi connectivity index (χ0) is 15.7. The molecule has 5 nitrogen and oxygen atoms in total. The number of likely N-dealkylation sites (tertiary alicyclic amines) is 1. The van der Waals surface area contributed by atoms with E-state index in [9.17, 15) is 9.59 Å². The van der Waals surface area contributed by atoms with Crippen LogP contribution < -0.4 is 10.6 Å². The van der Waals surface area contributed by atoms with Crippen molar-refractivity contribution in [1.29, 1.82) is 0 Å². The highest BCUT2D eigenvalue weighted by atomic mass is 79.9. The Hall–Kier alpha value is -1.11. The molecule has 23 heavy (non-hydrogen) atoms. The van der Waals surface area contributed by atoms with E-state index >= 15 is 0 Å². The molecular weight excluding hydrogens is 382 g/mol. The van der Waals surface area contributed by atoms with Crippen molar-refractivity contribution in [3.05, 3.63) is 28.7 Å². The molecule has 2 unspecified atom stereocenters. The van der Waals surface area contributed by atoms with Gasteiger partial charge in [0.25, 0.3) is 0 Å². The van der Waals surface area contributed by atoms with Crippen LogP contribution in [0.25, 0.3) is 0 Å². The first-order valence-electron chi connectivity index (χ1n) is 7.70. The van der Waals surface area contributed by atoms with Crippen LogP contribution in [-0.2, 0) is 9.59 Å². The molecule has 1 aromatic rings. The molecule has 3 rings (SSSR count). The van der Waals surface area contributed by atoms with Crippen LogP contribution in [0.3, 0.4) is 0 Å². The topological polar surface area (TPSA) is 66.6 Å². The van der Waals surface area contributed by atoms with Crippen LogP contribution in [-0.4, -0.2) is 42.4 Å². The van der Waals surface area contributed by atoms with Crippen molar-refractivity contribution in [2.75, 3.05) is 24.5 Å². The van der Waals surface area contributed by atoms with Gasteiger partial charge in [0.15, 0.2) is 0 Å². The van der Waals surface area contributed by atoms with E-state index in [2.05, 4.69) is 15.9 Å². The second kappa shape index (κ2) is 7.64. The van der Waals surface area contributed by atoms with Gasteiger partial charge in [-0.3, -0.25) is 9.59 Å². The zero-order valence-electron chi connectivity index (χ0n) is 12.8. The molecule has 2 saturated heterocycles. The van der Waals surface area contributed by atoms with Crippen LogP contribution in [0, 0.1) is 5.92 Å². The monoisotopic (exact) mass is 401 g/mol. The molecule has 126 valence electrons. The molecule has 7 heteroatoms. The average molecular weight is 403 g/mol. The number of nitrogens with zero attached hydrogens (tertiary/aromatic N) is 2. The summed E-state index contributed by atoms with van der Waals surface area (Å²) in [6, 6.07) is 7.70. The number of halogens is 2. The summed E-state index contributed by atoms with van der Waals surface area (Å²) in [5, 5.41) is 0. The summed E-state index contributed by atoms with van der Waals surface area (Å²) in [4.78, 5) is 28.9. The van der Waals surface area contributed by atoms with E-state index in [1.165, 1.54) is 0 Å². The molecule has 0 aliphatic carbocycles. The minimum atomic E-state index is -0.556. The second-order valence-corrected chi connectivity index (χ2v) is 6.70. The van der Waals surface area contributed by atoms with Gasteiger partial charge in [-0.25, -0.2) is 0 Å². The Morgan fingerprint density at radius 1 is 1.26 bits per heavy atom. The lowest BCUT2D eigenvalue weighted by Crippen LogP contribution is -2.45. The summed E-state index contributed by atoms with van der Waals surface area (Å²) in [6.07, 6.45) is 2.49. The van der Waals surface area contributed by atoms with Crippen LogP contribution in [0.2, 0.25) is 0 Å². The second-order valence-electron chi connectivity index (χ2n) is 5.85. The number of benzene rings is 1. The predicted molar refractivity (Wildman–Crippen MR) is 95.6 cm³/mol. The highest BCUT2D eigenvalue weighted by Crippen LogP contribution is 2.33. The number of hydrogen-bond acceptors (Lipinski definition) is 3. The van der Waals surface area contributed by atoms with Gasteiger partial charge < -0.3 is 15.5 Å². The Labute approximate surface area is 150 Å². The summed E-state index contributed by atoms with van der Waals surface area (Å²) in [5.74, 6) is -0.702. The third-order valence-corrected chi connectivity index (χ3v) is 5.25. The maximum absolute atomic E-state index is 12.7. The van der Waals surface area contributed by atoms with Gasteiger partial charge in [-0.15, -0.1) is 12.4 Å². The fourth-order valence-electron chi connectivity index (χ4n) is 3.39. The maximum atomic E-state index is 12.7. The highest BCUT2D eigenvalue weighted by molar-refractivity contribution is 9.10. The van der Waals surface area contributed by atoms with E-state index < -0.39 is 5.92 Å². The molecule has 2 fully saturated rings. The van der Waals surface area contributed by atoms with Gasteiger partial charge in [-0.2, -0.15) is 0 Å². The van der Waals surface area contributed by atoms with Crippen molar-refractivity contribution in [2.45, 2.75) is 25.3 Å². The van der Waals surface area contributed by atoms with Crippen molar-refractivity contribution < 1.29 is 9.59 Å². The van der Waals surface area contributed by atoms with Gasteiger partial charge in [-0.1, -0.05) is 12.1 Å². The zero-order valence-corrected chi connectivity index (χ0v) is 15.2. The fourth-order valence-corrected chi connectivity index (χ4v) is 3.89. The van der Waals surface area contributed by atoms with Crippen LogP contribution in [0.1, 0.15) is 19.3 Å². The Kier molecular flexibility index (Phi) is 6.06. The van der Waals surface area contributed by atoms with Gasteiger partial charge in [0, 0.05) is 30.1 Å². The Morgan fingerprint density at radius 3 is 2.70 bits per heavy atom. The number of anilines is 1. The molecular formula is C16H21BrClN3O2. The van der Waals surface area contributed by atoms with Crippen LogP contribution in [0.5, 0.6) is 0 Å². The van der Waals surface area contributed by atoms with Gasteiger partial charge in [0.1, 0.15) is 5.92 Å². The largest absolute Gasteiger partial charge is 0.338 e. The number of carbonyl (C=O) groups excluding carboxylic acids is 2. The normalized spacial score (nSPS) is 24.0. The third-order valence-electron chi connectivity index (χ3n) is 4.58. The summed E-state index contributed by atoms with van der Waals surface area (Å²) >= 11 is 3.47. The van der Waals surface area contributed by atoms with Crippen molar-refractivity contribution in [3.63, 3.8) is 0 Å². The van der Waals surface area contributed by atoms with Crippen LogP contribution in [0.15, 0.2) is 28.7 Å². The van der Waals surface area contributed by atoms with E-state index in [0.717, 1.165) is 29.5 Å². The van der Waals surface area contributed by atoms with Crippen molar-refractivity contribution in [3.8, 4) is 0 Å². The Morgan fingerprint density at radius 2 is 2.00 bits per heavy atom. The molecule has 0 radical (unpaired) electrons. The van der Waals surface area contributed by atoms with Gasteiger partial charge >= 0.3 is 0 Å². The van der Waals surface area contributed by atoms with Crippen molar-refractivity contribution in [1.82, 2.24) is 4.90 Å². The lowest BCUT2D eigenvalue weighted by Gasteiger charge is -2.26. The average Bonchev–Trinajstić information content (AvgIpc) is 3.14. The first kappa shape index (κ1) is 18.2. The Balaban J connectivity index is 0.00000192. The molecule has 2 aliphatic rings. The van der Waals surface area contributed by atoms with E-state index in [-0.39, 0.29) is 30.3 Å². The SMILES string of the molecule is Cl.NCC1CCCN1C(=O)C1CCN(c2ccccc2Br)C1=O. The van der Waals surface area contributed by atoms with E-state index in [4.69, 9.17) is 5.73 Å². The predicted octanol–water partition coefficient (Wildman–Crippen LogP) is 2.17. The molecule has 1 aromatic carbocycles. The number of hydrogen-bond donors (Lipinski definition) is 1. The highest BCUT2D eigenvalue weighted by Gasteiger charge is 2.42. The maximum Gasteiger partial charge on any atom is 0.239 e. The fraction of sp³-hybridized carbons (Fsp3) is 0.500. The molecule has 0 bridgehead atoms. The number of para-hydroxylation sites is 1.